The summed E-state index contributed by atoms with van der Waals surface area (Å²) < 4.78 is 5.57. The van der Waals surface area contributed by atoms with Gasteiger partial charge in [0.2, 0.25) is 0 Å². The average molecular weight is 268 g/mol. The maximum Gasteiger partial charge on any atom is 0.303 e. The maximum absolute atomic E-state index is 12.2. The smallest absolute Gasteiger partial charge is 0.303 e. The summed E-state index contributed by atoms with van der Waals surface area (Å²) in [6, 6.07) is 0. The van der Waals surface area contributed by atoms with E-state index in [1.165, 1.54) is 0 Å². The third-order valence-corrected chi connectivity index (χ3v) is 3.44. The highest BCUT2D eigenvalue weighted by molar-refractivity contribution is 5.67. The van der Waals surface area contributed by atoms with Crippen molar-refractivity contribution < 1.29 is 19.4 Å². The second kappa shape index (κ2) is 5.57. The van der Waals surface area contributed by atoms with Crippen LogP contribution in [0.25, 0.3) is 0 Å². The third kappa shape index (κ3) is 3.23. The molecule has 1 aromatic rings. The first kappa shape index (κ1) is 15.4. The van der Waals surface area contributed by atoms with E-state index < -0.39 is 11.6 Å². The average Bonchev–Trinajstić information content (AvgIpc) is 2.34. The third-order valence-electron chi connectivity index (χ3n) is 3.44. The monoisotopic (exact) mass is 268 g/mol. The topological polar surface area (TPSA) is 87.7 Å². The molecule has 1 rings (SSSR count). The maximum atomic E-state index is 12.2. The predicted octanol–water partition coefficient (Wildman–Crippen LogP) is 1.89. The SMILES string of the molecule is CCC(C)(O)c1oc(C)c(C)c(=O)c1CCC(=O)O. The minimum absolute atomic E-state index is 0.0598. The number of hydrogen-bond acceptors (Lipinski definition) is 4. The molecule has 0 amide bonds. The van der Waals surface area contributed by atoms with Crippen LogP contribution in [0.15, 0.2) is 9.21 Å². The molecule has 0 aliphatic carbocycles. The Morgan fingerprint density at radius 2 is 1.95 bits per heavy atom. The van der Waals surface area contributed by atoms with Gasteiger partial charge in [-0.05, 0) is 33.6 Å². The normalized spacial score (nSPS) is 14.2. The molecular formula is C14H20O5. The molecule has 0 aliphatic rings. The van der Waals surface area contributed by atoms with Gasteiger partial charge >= 0.3 is 5.97 Å². The van der Waals surface area contributed by atoms with E-state index in [0.29, 0.717) is 17.7 Å². The fourth-order valence-electron chi connectivity index (χ4n) is 1.84. The molecule has 2 N–H and O–H groups in total. The molecule has 19 heavy (non-hydrogen) atoms. The van der Waals surface area contributed by atoms with Gasteiger partial charge in [0, 0.05) is 17.5 Å². The Bertz CT molecular complexity index is 540. The summed E-state index contributed by atoms with van der Waals surface area (Å²) in [6.45, 7) is 6.63. The zero-order valence-electron chi connectivity index (χ0n) is 11.7. The summed E-state index contributed by atoms with van der Waals surface area (Å²) >= 11 is 0. The van der Waals surface area contributed by atoms with Crippen LogP contribution in [0.5, 0.6) is 0 Å². The van der Waals surface area contributed by atoms with Crippen molar-refractivity contribution in [3.05, 3.63) is 32.9 Å². The van der Waals surface area contributed by atoms with Crippen molar-refractivity contribution in [3.8, 4) is 0 Å². The van der Waals surface area contributed by atoms with Crippen LogP contribution >= 0.6 is 0 Å². The minimum Gasteiger partial charge on any atom is -0.481 e. The van der Waals surface area contributed by atoms with Crippen molar-refractivity contribution in [2.75, 3.05) is 0 Å². The van der Waals surface area contributed by atoms with Crippen LogP contribution in [0.2, 0.25) is 0 Å². The van der Waals surface area contributed by atoms with E-state index >= 15 is 0 Å². The predicted molar refractivity (Wildman–Crippen MR) is 70.3 cm³/mol. The summed E-state index contributed by atoms with van der Waals surface area (Å²) in [5.41, 5.74) is -0.798. The van der Waals surface area contributed by atoms with Crippen molar-refractivity contribution in [2.45, 2.75) is 52.6 Å². The van der Waals surface area contributed by atoms with E-state index in [1.807, 2.05) is 0 Å². The van der Waals surface area contributed by atoms with Gasteiger partial charge in [0.25, 0.3) is 0 Å². The molecule has 0 saturated carbocycles. The van der Waals surface area contributed by atoms with Crippen LogP contribution in [0.3, 0.4) is 0 Å². The van der Waals surface area contributed by atoms with Gasteiger partial charge in [-0.3, -0.25) is 9.59 Å². The zero-order valence-corrected chi connectivity index (χ0v) is 11.7. The summed E-state index contributed by atoms with van der Waals surface area (Å²) in [5, 5.41) is 19.0. The largest absolute Gasteiger partial charge is 0.481 e. The molecule has 1 heterocycles. The minimum atomic E-state index is -1.27. The van der Waals surface area contributed by atoms with Crippen LogP contribution in [0.1, 0.15) is 49.3 Å². The molecule has 106 valence electrons. The molecule has 0 bridgehead atoms. The number of rotatable bonds is 5. The van der Waals surface area contributed by atoms with Crippen LogP contribution in [0, 0.1) is 13.8 Å². The Balaban J connectivity index is 3.43. The van der Waals surface area contributed by atoms with Crippen LogP contribution in [-0.4, -0.2) is 16.2 Å². The zero-order chi connectivity index (χ0) is 14.8. The molecule has 1 unspecified atom stereocenters. The van der Waals surface area contributed by atoms with Gasteiger partial charge in [0.1, 0.15) is 17.1 Å². The Morgan fingerprint density at radius 1 is 1.37 bits per heavy atom. The van der Waals surface area contributed by atoms with E-state index in [2.05, 4.69) is 0 Å². The quantitative estimate of drug-likeness (QED) is 0.851. The Labute approximate surface area is 111 Å². The van der Waals surface area contributed by atoms with Gasteiger partial charge < -0.3 is 14.6 Å². The van der Waals surface area contributed by atoms with Gasteiger partial charge in [0.15, 0.2) is 5.43 Å². The molecule has 0 saturated heterocycles. The number of aryl methyl sites for hydroxylation is 1. The van der Waals surface area contributed by atoms with E-state index in [4.69, 9.17) is 9.52 Å². The lowest BCUT2D eigenvalue weighted by atomic mass is 9.92. The lowest BCUT2D eigenvalue weighted by Gasteiger charge is -2.23. The first-order valence-corrected chi connectivity index (χ1v) is 6.28. The number of aliphatic carboxylic acids is 1. The van der Waals surface area contributed by atoms with Crippen LogP contribution in [-0.2, 0) is 16.8 Å². The lowest BCUT2D eigenvalue weighted by molar-refractivity contribution is -0.137. The summed E-state index contributed by atoms with van der Waals surface area (Å²) in [5.74, 6) is -0.350. The first-order valence-electron chi connectivity index (χ1n) is 6.28. The second-order valence-electron chi connectivity index (χ2n) is 4.94. The van der Waals surface area contributed by atoms with E-state index in [1.54, 1.807) is 27.7 Å². The van der Waals surface area contributed by atoms with E-state index in [0.717, 1.165) is 0 Å². The Kier molecular flexibility index (Phi) is 4.52. The van der Waals surface area contributed by atoms with E-state index in [-0.39, 0.29) is 29.6 Å². The molecule has 1 aromatic heterocycles. The molecule has 0 radical (unpaired) electrons. The fourth-order valence-corrected chi connectivity index (χ4v) is 1.84. The highest BCUT2D eigenvalue weighted by Crippen LogP contribution is 2.28. The van der Waals surface area contributed by atoms with Gasteiger partial charge in [-0.2, -0.15) is 0 Å². The number of hydrogen-bond donors (Lipinski definition) is 2. The van der Waals surface area contributed by atoms with Crippen molar-refractivity contribution in [2.24, 2.45) is 0 Å². The molecule has 0 fully saturated rings. The first-order chi connectivity index (χ1) is 8.70. The molecule has 5 heteroatoms. The van der Waals surface area contributed by atoms with Gasteiger partial charge in [0.05, 0.1) is 0 Å². The molecule has 5 nitrogen and oxygen atoms in total. The fraction of sp³-hybridized carbons (Fsp3) is 0.571. The number of carboxylic acids is 1. The van der Waals surface area contributed by atoms with Crippen LogP contribution < -0.4 is 5.43 Å². The van der Waals surface area contributed by atoms with E-state index in [9.17, 15) is 14.7 Å². The van der Waals surface area contributed by atoms with Crippen LogP contribution in [0.4, 0.5) is 0 Å². The van der Waals surface area contributed by atoms with Gasteiger partial charge in [-0.25, -0.2) is 0 Å². The molecule has 0 spiro atoms. The summed E-state index contributed by atoms with van der Waals surface area (Å²) in [6.07, 6.45) is 0.267. The van der Waals surface area contributed by atoms with Crippen molar-refractivity contribution in [1.82, 2.24) is 0 Å². The molecule has 0 aliphatic heterocycles. The second-order valence-corrected chi connectivity index (χ2v) is 4.94. The highest BCUT2D eigenvalue weighted by atomic mass is 16.4. The van der Waals surface area contributed by atoms with Crippen molar-refractivity contribution in [1.29, 1.82) is 0 Å². The molecule has 0 aromatic carbocycles. The highest BCUT2D eigenvalue weighted by Gasteiger charge is 2.30. The van der Waals surface area contributed by atoms with Gasteiger partial charge in [-0.1, -0.05) is 6.92 Å². The van der Waals surface area contributed by atoms with Gasteiger partial charge in [-0.15, -0.1) is 0 Å². The number of aliphatic hydroxyl groups is 1. The standard InChI is InChI=1S/C14H20O5/c1-5-14(4,18)13-10(6-7-11(15)16)12(17)8(2)9(3)19-13/h18H,5-7H2,1-4H3,(H,15,16). The molecule has 1 atom stereocenters. The van der Waals surface area contributed by atoms with Crippen molar-refractivity contribution >= 4 is 5.97 Å². The Hall–Kier alpha value is -1.62. The van der Waals surface area contributed by atoms with Crippen molar-refractivity contribution in [3.63, 3.8) is 0 Å². The number of carbonyl (C=O) groups is 1. The molecular weight excluding hydrogens is 248 g/mol. The summed E-state index contributed by atoms with van der Waals surface area (Å²) in [4.78, 5) is 22.9. The lowest BCUT2D eigenvalue weighted by Crippen LogP contribution is -2.28. The Morgan fingerprint density at radius 3 is 2.42 bits per heavy atom. The summed E-state index contributed by atoms with van der Waals surface area (Å²) in [7, 11) is 0. The number of carboxylic acid groups (broad SMARTS) is 1.